The molecule has 136 valence electrons. The van der Waals surface area contributed by atoms with E-state index in [1.807, 2.05) is 0 Å². The van der Waals surface area contributed by atoms with Gasteiger partial charge in [-0.15, -0.1) is 0 Å². The van der Waals surface area contributed by atoms with Crippen LogP contribution in [0.5, 0.6) is 0 Å². The van der Waals surface area contributed by atoms with Gasteiger partial charge in [-0.3, -0.25) is 14.5 Å². The number of nitrogens with zero attached hydrogens (tertiary/aromatic N) is 1. The first kappa shape index (κ1) is 17.9. The Morgan fingerprint density at radius 3 is 2.32 bits per heavy atom. The van der Waals surface area contributed by atoms with E-state index in [0.29, 0.717) is 19.4 Å². The summed E-state index contributed by atoms with van der Waals surface area (Å²) in [5.74, 6) is -0.121. The predicted octanol–water partition coefficient (Wildman–Crippen LogP) is 2.35. The lowest BCUT2D eigenvalue weighted by Gasteiger charge is -2.24. The molecule has 2 aliphatic rings. The molecular formula is C20H29N3O2. The maximum Gasteiger partial charge on any atom is 0.242 e. The maximum absolute atomic E-state index is 12.0. The number of carbonyl (C=O) groups excluding carboxylic acids is 2. The average molecular weight is 343 g/mol. The molecule has 0 radical (unpaired) electrons. The van der Waals surface area contributed by atoms with Gasteiger partial charge in [0.2, 0.25) is 11.8 Å². The fraction of sp³-hybridized carbons (Fsp3) is 0.600. The van der Waals surface area contributed by atoms with Gasteiger partial charge in [-0.05, 0) is 43.5 Å². The van der Waals surface area contributed by atoms with Crippen molar-refractivity contribution in [3.05, 3.63) is 35.4 Å². The number of hydrogen-bond donors (Lipinski definition) is 2. The molecule has 2 aliphatic heterocycles. The van der Waals surface area contributed by atoms with Crippen molar-refractivity contribution >= 4 is 11.8 Å². The second-order valence-corrected chi connectivity index (χ2v) is 7.24. The zero-order valence-corrected chi connectivity index (χ0v) is 14.9. The van der Waals surface area contributed by atoms with Crippen molar-refractivity contribution < 1.29 is 9.59 Å². The fourth-order valence-electron chi connectivity index (χ4n) is 3.61. The molecule has 1 atom stereocenters. The molecule has 0 aromatic heterocycles. The summed E-state index contributed by atoms with van der Waals surface area (Å²) < 4.78 is 0. The summed E-state index contributed by atoms with van der Waals surface area (Å²) in [6.45, 7) is 3.92. The van der Waals surface area contributed by atoms with Crippen molar-refractivity contribution in [3.8, 4) is 0 Å². The Labute approximate surface area is 150 Å². The second kappa shape index (κ2) is 8.99. The predicted molar refractivity (Wildman–Crippen MR) is 97.8 cm³/mol. The molecule has 1 aromatic rings. The summed E-state index contributed by atoms with van der Waals surface area (Å²) in [4.78, 5) is 25.8. The Hall–Kier alpha value is -1.88. The monoisotopic (exact) mass is 343 g/mol. The second-order valence-electron chi connectivity index (χ2n) is 7.24. The Kier molecular flexibility index (Phi) is 6.45. The van der Waals surface area contributed by atoms with Crippen molar-refractivity contribution in [2.24, 2.45) is 0 Å². The zero-order chi connectivity index (χ0) is 17.5. The van der Waals surface area contributed by atoms with Crippen molar-refractivity contribution in [1.82, 2.24) is 15.5 Å². The van der Waals surface area contributed by atoms with Crippen LogP contribution in [-0.4, -0.2) is 35.8 Å². The highest BCUT2D eigenvalue weighted by Gasteiger charge is 2.26. The lowest BCUT2D eigenvalue weighted by molar-refractivity contribution is -0.125. The van der Waals surface area contributed by atoms with E-state index in [2.05, 4.69) is 39.8 Å². The van der Waals surface area contributed by atoms with Gasteiger partial charge in [-0.2, -0.15) is 0 Å². The maximum atomic E-state index is 12.0. The molecule has 5 heteroatoms. The molecule has 2 amide bonds. The summed E-state index contributed by atoms with van der Waals surface area (Å²) in [6, 6.07) is 8.15. The van der Waals surface area contributed by atoms with Gasteiger partial charge in [0.05, 0.1) is 0 Å². The van der Waals surface area contributed by atoms with Crippen LogP contribution in [0, 0.1) is 0 Å². The number of nitrogens with one attached hydrogen (secondary N) is 2. The number of hydrogen-bond acceptors (Lipinski definition) is 3. The van der Waals surface area contributed by atoms with Crippen LogP contribution in [0.15, 0.2) is 24.3 Å². The normalized spacial score (nSPS) is 22.1. The van der Waals surface area contributed by atoms with Gasteiger partial charge in [0, 0.05) is 19.5 Å². The summed E-state index contributed by atoms with van der Waals surface area (Å²) in [7, 11) is 0. The van der Waals surface area contributed by atoms with Crippen LogP contribution < -0.4 is 10.6 Å². The smallest absolute Gasteiger partial charge is 0.242 e. The van der Waals surface area contributed by atoms with E-state index in [0.717, 1.165) is 12.1 Å². The molecule has 0 bridgehead atoms. The minimum atomic E-state index is -0.362. The summed E-state index contributed by atoms with van der Waals surface area (Å²) in [5.41, 5.74) is 2.42. The molecule has 5 nitrogen and oxygen atoms in total. The van der Waals surface area contributed by atoms with E-state index in [-0.39, 0.29) is 17.9 Å². The topological polar surface area (TPSA) is 61.4 Å². The SMILES string of the molecule is O=C1CCC(C(=O)NCc2ccc(CN3CCCCCCC3)cc2)N1. The van der Waals surface area contributed by atoms with Crippen LogP contribution in [0.4, 0.5) is 0 Å². The van der Waals surface area contributed by atoms with Crippen LogP contribution in [0.1, 0.15) is 56.1 Å². The third-order valence-electron chi connectivity index (χ3n) is 5.16. The number of likely N-dealkylation sites (tertiary alicyclic amines) is 1. The molecule has 2 saturated heterocycles. The molecular weight excluding hydrogens is 314 g/mol. The highest BCUT2D eigenvalue weighted by molar-refractivity contribution is 5.90. The van der Waals surface area contributed by atoms with Crippen molar-refractivity contribution in [3.63, 3.8) is 0 Å². The van der Waals surface area contributed by atoms with Gasteiger partial charge in [0.25, 0.3) is 0 Å². The lowest BCUT2D eigenvalue weighted by Crippen LogP contribution is -2.41. The molecule has 25 heavy (non-hydrogen) atoms. The van der Waals surface area contributed by atoms with Crippen molar-refractivity contribution in [2.75, 3.05) is 13.1 Å². The van der Waals surface area contributed by atoms with Crippen LogP contribution >= 0.6 is 0 Å². The van der Waals surface area contributed by atoms with Gasteiger partial charge in [-0.1, -0.05) is 43.5 Å². The van der Waals surface area contributed by atoms with Gasteiger partial charge in [0.15, 0.2) is 0 Å². The van der Waals surface area contributed by atoms with E-state index >= 15 is 0 Å². The quantitative estimate of drug-likeness (QED) is 0.863. The molecule has 2 fully saturated rings. The molecule has 1 aromatic carbocycles. The van der Waals surface area contributed by atoms with Gasteiger partial charge < -0.3 is 10.6 Å². The number of amides is 2. The van der Waals surface area contributed by atoms with E-state index in [9.17, 15) is 9.59 Å². The van der Waals surface area contributed by atoms with E-state index in [1.165, 1.54) is 50.8 Å². The average Bonchev–Trinajstić information content (AvgIpc) is 3.03. The van der Waals surface area contributed by atoms with Crippen LogP contribution in [0.25, 0.3) is 0 Å². The summed E-state index contributed by atoms with van der Waals surface area (Å²) >= 11 is 0. The molecule has 0 aliphatic carbocycles. The first-order valence-electron chi connectivity index (χ1n) is 9.58. The molecule has 0 spiro atoms. The van der Waals surface area contributed by atoms with Crippen molar-refractivity contribution in [2.45, 2.75) is 64.1 Å². The Bertz CT molecular complexity index is 577. The summed E-state index contributed by atoms with van der Waals surface area (Å²) in [5, 5.41) is 5.61. The van der Waals surface area contributed by atoms with Crippen LogP contribution in [-0.2, 0) is 22.7 Å². The van der Waals surface area contributed by atoms with Gasteiger partial charge in [0.1, 0.15) is 6.04 Å². The Morgan fingerprint density at radius 1 is 1.04 bits per heavy atom. The molecule has 0 saturated carbocycles. The minimum absolute atomic E-state index is 0.0336. The van der Waals surface area contributed by atoms with E-state index in [4.69, 9.17) is 0 Å². The molecule has 1 unspecified atom stereocenters. The first-order chi connectivity index (χ1) is 12.2. The molecule has 2 heterocycles. The Balaban J connectivity index is 1.45. The van der Waals surface area contributed by atoms with Crippen molar-refractivity contribution in [1.29, 1.82) is 0 Å². The first-order valence-corrected chi connectivity index (χ1v) is 9.58. The molecule has 3 rings (SSSR count). The zero-order valence-electron chi connectivity index (χ0n) is 14.9. The highest BCUT2D eigenvalue weighted by Crippen LogP contribution is 2.14. The standard InChI is InChI=1S/C20H29N3O2/c24-19-11-10-18(22-19)20(25)21-14-16-6-8-17(9-7-16)15-23-12-4-2-1-3-5-13-23/h6-9,18H,1-5,10-15H2,(H,21,25)(H,22,24). The lowest BCUT2D eigenvalue weighted by atomic mass is 10.1. The third-order valence-corrected chi connectivity index (χ3v) is 5.16. The van der Waals surface area contributed by atoms with E-state index < -0.39 is 0 Å². The van der Waals surface area contributed by atoms with E-state index in [1.54, 1.807) is 0 Å². The fourth-order valence-corrected chi connectivity index (χ4v) is 3.61. The largest absolute Gasteiger partial charge is 0.350 e. The summed E-state index contributed by atoms with van der Waals surface area (Å²) in [6.07, 6.45) is 7.76. The minimum Gasteiger partial charge on any atom is -0.350 e. The number of rotatable bonds is 5. The number of benzene rings is 1. The molecule has 2 N–H and O–H groups in total. The van der Waals surface area contributed by atoms with Gasteiger partial charge >= 0.3 is 0 Å². The number of carbonyl (C=O) groups is 2. The van der Waals surface area contributed by atoms with Crippen LogP contribution in [0.3, 0.4) is 0 Å². The van der Waals surface area contributed by atoms with Crippen LogP contribution in [0.2, 0.25) is 0 Å². The third kappa shape index (κ3) is 5.56. The van der Waals surface area contributed by atoms with Gasteiger partial charge in [-0.25, -0.2) is 0 Å². The highest BCUT2D eigenvalue weighted by atomic mass is 16.2. The Morgan fingerprint density at radius 2 is 1.68 bits per heavy atom.